The number of pyridine rings is 1. The van der Waals surface area contributed by atoms with Crippen molar-refractivity contribution in [1.82, 2.24) is 14.8 Å². The maximum atomic E-state index is 11.9. The third kappa shape index (κ3) is 11.2. The van der Waals surface area contributed by atoms with Gasteiger partial charge >= 0.3 is 0 Å². The number of hydrogen-bond donors (Lipinski definition) is 1. The van der Waals surface area contributed by atoms with E-state index in [1.54, 1.807) is 18.5 Å². The third-order valence-electron chi connectivity index (χ3n) is 4.77. The van der Waals surface area contributed by atoms with Gasteiger partial charge in [-0.15, -0.1) is 0 Å². The Bertz CT molecular complexity index is 919. The zero-order valence-corrected chi connectivity index (χ0v) is 19.5. The van der Waals surface area contributed by atoms with Gasteiger partial charge in [0.1, 0.15) is 0 Å². The second kappa shape index (κ2) is 14.5. The molecule has 0 aliphatic rings. The molecule has 2 rings (SSSR count). The summed E-state index contributed by atoms with van der Waals surface area (Å²) >= 11 is 0. The minimum absolute atomic E-state index is 0.106. The number of nitrogens with zero attached hydrogens (tertiary/aromatic N) is 2. The summed E-state index contributed by atoms with van der Waals surface area (Å²) in [5.74, 6) is -0.106. The van der Waals surface area contributed by atoms with E-state index >= 15 is 0 Å². The molecule has 0 spiro atoms. The number of benzene rings is 1. The highest BCUT2D eigenvalue weighted by Gasteiger charge is 2.17. The SMILES string of the molecule is CS(=O)(=O)N(CCCCCCCCNC(=O)C=Cc1cccnc1)OCc1ccccc1. The van der Waals surface area contributed by atoms with Crippen LogP contribution in [-0.2, 0) is 26.3 Å². The first-order valence-corrected chi connectivity index (χ1v) is 12.8. The monoisotopic (exact) mass is 459 g/mol. The van der Waals surface area contributed by atoms with Gasteiger partial charge in [0.25, 0.3) is 0 Å². The predicted molar refractivity (Wildman–Crippen MR) is 127 cm³/mol. The van der Waals surface area contributed by atoms with Gasteiger partial charge in [-0.1, -0.05) is 66.6 Å². The standard InChI is InChI=1S/C24H33N3O4S/c1-32(29,30)27(31-21-23-12-7-6-8-13-23)19-10-5-3-2-4-9-18-26-24(28)16-15-22-14-11-17-25-20-22/h6-8,11-17,20H,2-5,9-10,18-19,21H2,1H3,(H,26,28). The van der Waals surface area contributed by atoms with E-state index in [1.807, 2.05) is 42.5 Å². The van der Waals surface area contributed by atoms with Gasteiger partial charge in [0.05, 0.1) is 12.9 Å². The van der Waals surface area contributed by atoms with Crippen molar-refractivity contribution in [2.24, 2.45) is 0 Å². The molecule has 0 atom stereocenters. The van der Waals surface area contributed by atoms with Crippen LogP contribution in [0.25, 0.3) is 6.08 Å². The molecule has 0 unspecified atom stereocenters. The molecule has 0 saturated carbocycles. The van der Waals surface area contributed by atoms with E-state index in [1.165, 1.54) is 6.08 Å². The average molecular weight is 460 g/mol. The molecule has 174 valence electrons. The molecule has 0 bridgehead atoms. The minimum Gasteiger partial charge on any atom is -0.353 e. The lowest BCUT2D eigenvalue weighted by Gasteiger charge is -2.19. The Morgan fingerprint density at radius 2 is 1.75 bits per heavy atom. The van der Waals surface area contributed by atoms with Crippen LogP contribution in [-0.4, -0.2) is 43.1 Å². The Balaban J connectivity index is 1.52. The number of amides is 1. The third-order valence-corrected chi connectivity index (χ3v) is 5.79. The fraction of sp³-hybridized carbons (Fsp3) is 0.417. The lowest BCUT2D eigenvalue weighted by molar-refractivity contribution is -0.116. The van der Waals surface area contributed by atoms with Crippen LogP contribution in [0.1, 0.15) is 49.7 Å². The summed E-state index contributed by atoms with van der Waals surface area (Å²) in [5.41, 5.74) is 1.82. The van der Waals surface area contributed by atoms with Crippen molar-refractivity contribution >= 4 is 22.0 Å². The number of carbonyl (C=O) groups is 1. The van der Waals surface area contributed by atoms with Gasteiger partial charge in [0, 0.05) is 31.6 Å². The summed E-state index contributed by atoms with van der Waals surface area (Å²) in [6, 6.07) is 13.2. The van der Waals surface area contributed by atoms with Crippen LogP contribution in [0.15, 0.2) is 60.9 Å². The smallest absolute Gasteiger partial charge is 0.243 e. The highest BCUT2D eigenvalue weighted by atomic mass is 32.2. The fourth-order valence-electron chi connectivity index (χ4n) is 3.04. The Kier molecular flexibility index (Phi) is 11.6. The van der Waals surface area contributed by atoms with Crippen LogP contribution in [0.4, 0.5) is 0 Å². The molecule has 1 aromatic carbocycles. The normalized spacial score (nSPS) is 11.8. The van der Waals surface area contributed by atoms with Crippen LogP contribution >= 0.6 is 0 Å². The number of aromatic nitrogens is 1. The Morgan fingerprint density at radius 3 is 2.44 bits per heavy atom. The summed E-state index contributed by atoms with van der Waals surface area (Å²) in [6.45, 7) is 1.23. The zero-order chi connectivity index (χ0) is 23.1. The molecular weight excluding hydrogens is 426 g/mol. The van der Waals surface area contributed by atoms with Crippen molar-refractivity contribution in [1.29, 1.82) is 0 Å². The highest BCUT2D eigenvalue weighted by Crippen LogP contribution is 2.10. The number of hydroxylamine groups is 1. The van der Waals surface area contributed by atoms with Gasteiger partial charge in [-0.2, -0.15) is 0 Å². The zero-order valence-electron chi connectivity index (χ0n) is 18.7. The molecule has 7 nitrogen and oxygen atoms in total. The van der Waals surface area contributed by atoms with E-state index in [0.29, 0.717) is 13.1 Å². The number of nitrogens with one attached hydrogen (secondary N) is 1. The lowest BCUT2D eigenvalue weighted by Crippen LogP contribution is -2.31. The van der Waals surface area contributed by atoms with Crippen LogP contribution in [0, 0.1) is 0 Å². The highest BCUT2D eigenvalue weighted by molar-refractivity contribution is 7.88. The van der Waals surface area contributed by atoms with Gasteiger partial charge < -0.3 is 5.32 Å². The number of unbranched alkanes of at least 4 members (excludes halogenated alkanes) is 5. The molecule has 0 aliphatic carbocycles. The number of carbonyl (C=O) groups excluding carboxylic acids is 1. The van der Waals surface area contributed by atoms with E-state index in [2.05, 4.69) is 10.3 Å². The van der Waals surface area contributed by atoms with Crippen LogP contribution in [0.2, 0.25) is 0 Å². The van der Waals surface area contributed by atoms with Gasteiger partial charge in [-0.3, -0.25) is 14.6 Å². The van der Waals surface area contributed by atoms with Crippen molar-refractivity contribution in [3.63, 3.8) is 0 Å². The van der Waals surface area contributed by atoms with Crippen LogP contribution in [0.5, 0.6) is 0 Å². The molecule has 0 fully saturated rings. The maximum Gasteiger partial charge on any atom is 0.243 e. The average Bonchev–Trinajstić information content (AvgIpc) is 2.79. The molecule has 1 aromatic heterocycles. The first-order chi connectivity index (χ1) is 15.4. The largest absolute Gasteiger partial charge is 0.353 e. The molecule has 1 heterocycles. The molecule has 0 radical (unpaired) electrons. The lowest BCUT2D eigenvalue weighted by atomic mass is 10.1. The van der Waals surface area contributed by atoms with Crippen molar-refractivity contribution in [2.45, 2.75) is 45.1 Å². The minimum atomic E-state index is -3.41. The molecule has 0 aliphatic heterocycles. The van der Waals surface area contributed by atoms with Crippen molar-refractivity contribution in [3.05, 3.63) is 72.1 Å². The van der Waals surface area contributed by atoms with Crippen molar-refractivity contribution in [3.8, 4) is 0 Å². The second-order valence-corrected chi connectivity index (χ2v) is 9.45. The summed E-state index contributed by atoms with van der Waals surface area (Å²) < 4.78 is 25.0. The summed E-state index contributed by atoms with van der Waals surface area (Å²) in [6.07, 6.45) is 13.5. The van der Waals surface area contributed by atoms with Gasteiger partial charge in [0.2, 0.25) is 15.9 Å². The van der Waals surface area contributed by atoms with Gasteiger partial charge in [0.15, 0.2) is 0 Å². The predicted octanol–water partition coefficient (Wildman–Crippen LogP) is 3.95. The first-order valence-electron chi connectivity index (χ1n) is 11.0. The number of rotatable bonds is 15. The van der Waals surface area contributed by atoms with Crippen LogP contribution < -0.4 is 5.32 Å². The van der Waals surface area contributed by atoms with Crippen molar-refractivity contribution in [2.75, 3.05) is 19.3 Å². The summed E-state index contributed by atoms with van der Waals surface area (Å²) in [5, 5.41) is 2.88. The number of hydrogen-bond acceptors (Lipinski definition) is 5. The topological polar surface area (TPSA) is 88.6 Å². The first kappa shape index (κ1) is 25.7. The summed E-state index contributed by atoms with van der Waals surface area (Å²) in [7, 11) is -3.41. The molecule has 8 heteroatoms. The van der Waals surface area contributed by atoms with E-state index in [-0.39, 0.29) is 12.5 Å². The Hall–Kier alpha value is -2.55. The fourth-order valence-corrected chi connectivity index (χ4v) is 3.74. The summed E-state index contributed by atoms with van der Waals surface area (Å²) in [4.78, 5) is 21.3. The number of sulfonamides is 1. The maximum absolute atomic E-state index is 11.9. The van der Waals surface area contributed by atoms with E-state index < -0.39 is 10.0 Å². The molecule has 1 amide bonds. The van der Waals surface area contributed by atoms with Crippen LogP contribution in [0.3, 0.4) is 0 Å². The molecule has 32 heavy (non-hydrogen) atoms. The molecule has 0 saturated heterocycles. The van der Waals surface area contributed by atoms with Gasteiger partial charge in [-0.25, -0.2) is 8.42 Å². The quantitative estimate of drug-likeness (QED) is 0.248. The molecule has 1 N–H and O–H groups in total. The van der Waals surface area contributed by atoms with E-state index in [4.69, 9.17) is 4.84 Å². The van der Waals surface area contributed by atoms with E-state index in [9.17, 15) is 13.2 Å². The molecular formula is C24H33N3O4S. The molecule has 2 aromatic rings. The van der Waals surface area contributed by atoms with E-state index in [0.717, 1.165) is 60.4 Å². The second-order valence-electron chi connectivity index (χ2n) is 7.58. The van der Waals surface area contributed by atoms with Crippen molar-refractivity contribution < 1.29 is 18.0 Å². The Morgan fingerprint density at radius 1 is 1.03 bits per heavy atom. The van der Waals surface area contributed by atoms with Gasteiger partial charge in [-0.05, 0) is 36.1 Å². The Labute approximate surface area is 191 Å².